The van der Waals surface area contributed by atoms with Gasteiger partial charge in [-0.05, 0) is 12.8 Å². The van der Waals surface area contributed by atoms with Crippen molar-refractivity contribution in [1.82, 2.24) is 5.32 Å². The summed E-state index contributed by atoms with van der Waals surface area (Å²) in [5, 5.41) is 13.9. The minimum Gasteiger partial charge on any atom is -0.756 e. The molecule has 0 fully saturated rings. The summed E-state index contributed by atoms with van der Waals surface area (Å²) in [6.07, 6.45) is 50.4. The summed E-state index contributed by atoms with van der Waals surface area (Å²) in [5.41, 5.74) is 0. The van der Waals surface area contributed by atoms with Gasteiger partial charge in [0.05, 0.1) is 39.9 Å². The zero-order chi connectivity index (χ0) is 44.3. The molecule has 0 aromatic rings. The lowest BCUT2D eigenvalue weighted by atomic mass is 10.0. The second-order valence-electron chi connectivity index (χ2n) is 19.6. The number of carbonyl (C=O) groups is 1. The lowest BCUT2D eigenvalue weighted by molar-refractivity contribution is -0.870. The number of nitrogens with one attached hydrogen (secondary N) is 1. The monoisotopic (exact) mass is 873 g/mol. The summed E-state index contributed by atoms with van der Waals surface area (Å²) in [4.78, 5) is 25.1. The number of quaternary nitrogens is 1. The van der Waals surface area contributed by atoms with Crippen molar-refractivity contribution < 1.29 is 32.9 Å². The number of unbranched alkanes of at least 4 members (excludes halogenated alkanes) is 36. The first-order valence-electron chi connectivity index (χ1n) is 26.4. The number of phosphoric ester groups is 1. The van der Waals surface area contributed by atoms with Gasteiger partial charge >= 0.3 is 0 Å². The molecule has 0 rings (SSSR count). The first-order chi connectivity index (χ1) is 29.0. The zero-order valence-corrected chi connectivity index (χ0v) is 41.8. The van der Waals surface area contributed by atoms with Gasteiger partial charge in [-0.3, -0.25) is 9.36 Å². The summed E-state index contributed by atoms with van der Waals surface area (Å²) in [5.74, 6) is -0.170. The molecule has 0 saturated carbocycles. The van der Waals surface area contributed by atoms with E-state index in [9.17, 15) is 19.4 Å². The molecule has 0 radical (unpaired) electrons. The van der Waals surface area contributed by atoms with Gasteiger partial charge in [0, 0.05) is 6.42 Å². The van der Waals surface area contributed by atoms with Crippen molar-refractivity contribution in [3.05, 3.63) is 0 Å². The molecule has 2 N–H and O–H groups in total. The molecule has 0 heterocycles. The quantitative estimate of drug-likeness (QED) is 0.0358. The normalized spacial score (nSPS) is 14.1. The average molecular weight is 873 g/mol. The van der Waals surface area contributed by atoms with Gasteiger partial charge < -0.3 is 28.8 Å². The summed E-state index contributed by atoms with van der Waals surface area (Å²) in [7, 11) is 1.32. The molecular weight excluding hydrogens is 768 g/mol. The van der Waals surface area contributed by atoms with Crippen LogP contribution in [0.4, 0.5) is 0 Å². The summed E-state index contributed by atoms with van der Waals surface area (Å²) >= 11 is 0. The number of aliphatic hydroxyl groups is 1. The maximum atomic E-state index is 12.7. The van der Waals surface area contributed by atoms with E-state index in [0.717, 1.165) is 38.5 Å². The van der Waals surface area contributed by atoms with E-state index >= 15 is 0 Å². The topological polar surface area (TPSA) is 108 Å². The number of phosphoric acid groups is 1. The number of aliphatic hydroxyl groups excluding tert-OH is 1. The van der Waals surface area contributed by atoms with Crippen LogP contribution in [-0.4, -0.2) is 68.5 Å². The van der Waals surface area contributed by atoms with Gasteiger partial charge in [0.15, 0.2) is 0 Å². The number of hydrogen-bond donors (Lipinski definition) is 2. The highest BCUT2D eigenvalue weighted by molar-refractivity contribution is 7.45. The van der Waals surface area contributed by atoms with Crippen LogP contribution in [0, 0.1) is 0 Å². The van der Waals surface area contributed by atoms with Crippen LogP contribution >= 0.6 is 7.82 Å². The zero-order valence-electron chi connectivity index (χ0n) is 40.9. The van der Waals surface area contributed by atoms with Crippen molar-refractivity contribution in [2.24, 2.45) is 0 Å². The highest BCUT2D eigenvalue weighted by Crippen LogP contribution is 2.38. The van der Waals surface area contributed by atoms with Gasteiger partial charge in [0.2, 0.25) is 5.91 Å². The Morgan fingerprint density at radius 1 is 0.517 bits per heavy atom. The molecule has 8 nitrogen and oxygen atoms in total. The van der Waals surface area contributed by atoms with E-state index in [0.29, 0.717) is 23.9 Å². The molecule has 3 unspecified atom stereocenters. The number of amides is 1. The SMILES string of the molecule is CCCCCCCCCCCCCCCCCCCCCCCCCCCCCCCCCCC(O)C(COP(=O)([O-])OCC[N+](C)(C)C)NC(=O)CCCCCCCC. The van der Waals surface area contributed by atoms with E-state index in [1.807, 2.05) is 21.1 Å². The Labute approximate surface area is 374 Å². The van der Waals surface area contributed by atoms with Gasteiger partial charge in [-0.15, -0.1) is 0 Å². The van der Waals surface area contributed by atoms with Crippen LogP contribution in [0.15, 0.2) is 0 Å². The lowest BCUT2D eigenvalue weighted by Crippen LogP contribution is -2.46. The van der Waals surface area contributed by atoms with Crippen molar-refractivity contribution in [3.8, 4) is 0 Å². The largest absolute Gasteiger partial charge is 0.756 e. The third kappa shape index (κ3) is 45.5. The van der Waals surface area contributed by atoms with Crippen molar-refractivity contribution in [1.29, 1.82) is 0 Å². The molecule has 0 aromatic carbocycles. The van der Waals surface area contributed by atoms with Gasteiger partial charge in [-0.2, -0.15) is 0 Å². The Balaban J connectivity index is 3.81. The van der Waals surface area contributed by atoms with Crippen LogP contribution < -0.4 is 10.2 Å². The summed E-state index contributed by atoms with van der Waals surface area (Å²) < 4.78 is 23.2. The maximum Gasteiger partial charge on any atom is 0.268 e. The van der Waals surface area contributed by atoms with E-state index in [1.54, 1.807) is 0 Å². The van der Waals surface area contributed by atoms with E-state index in [1.165, 1.54) is 205 Å². The van der Waals surface area contributed by atoms with Crippen molar-refractivity contribution >= 4 is 13.7 Å². The molecule has 3 atom stereocenters. The number of likely N-dealkylation sites (N-methyl/N-ethyl adjacent to an activating group) is 1. The smallest absolute Gasteiger partial charge is 0.268 e. The fourth-order valence-electron chi connectivity index (χ4n) is 8.16. The second-order valence-corrected chi connectivity index (χ2v) is 21.0. The maximum absolute atomic E-state index is 12.7. The van der Waals surface area contributed by atoms with E-state index in [-0.39, 0.29) is 19.1 Å². The standard InChI is InChI=1S/C51H105N2O6P/c1-6-8-10-12-14-15-16-17-18-19-20-21-22-23-24-25-26-27-28-29-30-31-32-33-34-35-36-37-38-39-40-42-44-50(54)49(52-51(55)45-43-41-13-11-9-7-2)48-59-60(56,57)58-47-46-53(3,4)5/h49-50,54H,6-48H2,1-5H3,(H-,52,55,56,57). The van der Waals surface area contributed by atoms with Crippen LogP contribution in [0.2, 0.25) is 0 Å². The van der Waals surface area contributed by atoms with Crippen LogP contribution in [0.3, 0.4) is 0 Å². The van der Waals surface area contributed by atoms with E-state index < -0.39 is 20.0 Å². The average Bonchev–Trinajstić information content (AvgIpc) is 3.20. The Bertz CT molecular complexity index is 947. The van der Waals surface area contributed by atoms with Gasteiger partial charge in [0.1, 0.15) is 13.2 Å². The molecule has 0 aliphatic heterocycles. The molecule has 0 saturated heterocycles. The lowest BCUT2D eigenvalue weighted by Gasteiger charge is -2.30. The molecule has 0 bridgehead atoms. The van der Waals surface area contributed by atoms with Crippen molar-refractivity contribution in [3.63, 3.8) is 0 Å². The first-order valence-corrected chi connectivity index (χ1v) is 27.8. The second kappa shape index (κ2) is 43.7. The van der Waals surface area contributed by atoms with E-state index in [4.69, 9.17) is 9.05 Å². The van der Waals surface area contributed by atoms with Crippen LogP contribution in [-0.2, 0) is 18.4 Å². The minimum atomic E-state index is -4.55. The molecule has 0 spiro atoms. The molecular formula is C51H105N2O6P. The molecule has 0 aliphatic rings. The molecule has 0 aromatic heterocycles. The van der Waals surface area contributed by atoms with Gasteiger partial charge in [0.25, 0.3) is 7.82 Å². The van der Waals surface area contributed by atoms with Crippen molar-refractivity contribution in [2.75, 3.05) is 40.9 Å². The third-order valence-corrected chi connectivity index (χ3v) is 13.3. The first kappa shape index (κ1) is 59.5. The van der Waals surface area contributed by atoms with Crippen LogP contribution in [0.5, 0.6) is 0 Å². The highest BCUT2D eigenvalue weighted by atomic mass is 31.2. The Morgan fingerprint density at radius 3 is 1.13 bits per heavy atom. The minimum absolute atomic E-state index is 0.0155. The van der Waals surface area contributed by atoms with E-state index in [2.05, 4.69) is 19.2 Å². The summed E-state index contributed by atoms with van der Waals surface area (Å²) in [6, 6.07) is -0.791. The fraction of sp³-hybridized carbons (Fsp3) is 0.980. The van der Waals surface area contributed by atoms with Crippen molar-refractivity contribution in [2.45, 2.75) is 283 Å². The van der Waals surface area contributed by atoms with Gasteiger partial charge in [-0.1, -0.05) is 251 Å². The van der Waals surface area contributed by atoms with Gasteiger partial charge in [-0.25, -0.2) is 0 Å². The number of carbonyl (C=O) groups excluding carboxylic acids is 1. The number of nitrogens with zero attached hydrogens (tertiary/aromatic N) is 1. The molecule has 9 heteroatoms. The number of hydrogen-bond acceptors (Lipinski definition) is 6. The Hall–Kier alpha value is -0.500. The fourth-order valence-corrected chi connectivity index (χ4v) is 8.88. The molecule has 60 heavy (non-hydrogen) atoms. The molecule has 360 valence electrons. The molecule has 1 amide bonds. The van der Waals surface area contributed by atoms with Crippen LogP contribution in [0.1, 0.15) is 271 Å². The van der Waals surface area contributed by atoms with Crippen LogP contribution in [0.25, 0.3) is 0 Å². The molecule has 0 aliphatic carbocycles. The third-order valence-electron chi connectivity index (χ3n) is 12.3. The predicted octanol–water partition coefficient (Wildman–Crippen LogP) is 14.7. The summed E-state index contributed by atoms with van der Waals surface area (Å²) in [6.45, 7) is 4.68. The number of rotatable bonds is 49. The Kier molecular flexibility index (Phi) is 43.4. The predicted molar refractivity (Wildman–Crippen MR) is 256 cm³/mol. The Morgan fingerprint density at radius 2 is 0.817 bits per heavy atom. The highest BCUT2D eigenvalue weighted by Gasteiger charge is 2.24.